The minimum atomic E-state index is -4.75. The quantitative estimate of drug-likeness (QED) is 0.124. The van der Waals surface area contributed by atoms with Crippen LogP contribution in [-0.2, 0) is 29.5 Å². The number of aromatic nitrogens is 1. The molecule has 0 unspecified atom stereocenters. The van der Waals surface area contributed by atoms with Gasteiger partial charge >= 0.3 is 10.3 Å². The standard InChI is InChI=1S/C14H21N7O7S2/c1-6-8(11(23)21(6)30(25,26)27)18-10(22)9(7-5-29-13(15)17-7)20-28-14(2,3)12(24)19-16-4/h5-6,8,16H,1-4H3,(H2,15,17)(H,18,22)(H,19,24)(H,25,26,27)/t6-,8-/m1/s1. The summed E-state index contributed by atoms with van der Waals surface area (Å²) in [6.07, 6.45) is 0. The maximum absolute atomic E-state index is 12.7. The van der Waals surface area contributed by atoms with E-state index in [9.17, 15) is 22.8 Å². The smallest absolute Gasteiger partial charge is 0.362 e. The summed E-state index contributed by atoms with van der Waals surface area (Å²) >= 11 is 1.01. The van der Waals surface area contributed by atoms with Crippen LogP contribution in [0.2, 0.25) is 0 Å². The van der Waals surface area contributed by atoms with E-state index in [-0.39, 0.29) is 15.1 Å². The molecule has 1 aromatic heterocycles. The summed E-state index contributed by atoms with van der Waals surface area (Å²) < 4.78 is 31.7. The molecule has 1 saturated heterocycles. The van der Waals surface area contributed by atoms with Crippen molar-refractivity contribution < 1.29 is 32.2 Å². The number of carbonyl (C=O) groups excluding carboxylic acids is 3. The molecule has 0 radical (unpaired) electrons. The molecule has 6 N–H and O–H groups in total. The average molecular weight is 463 g/mol. The average Bonchev–Trinajstić information content (AvgIpc) is 3.05. The van der Waals surface area contributed by atoms with Crippen LogP contribution < -0.4 is 21.9 Å². The Morgan fingerprint density at radius 1 is 1.43 bits per heavy atom. The number of nitrogens with zero attached hydrogens (tertiary/aromatic N) is 3. The van der Waals surface area contributed by atoms with Crippen LogP contribution in [0.15, 0.2) is 10.5 Å². The topological polar surface area (TPSA) is 205 Å². The molecule has 14 nitrogen and oxygen atoms in total. The maximum atomic E-state index is 12.7. The fraction of sp³-hybridized carbons (Fsp3) is 0.500. The number of oxime groups is 1. The van der Waals surface area contributed by atoms with Crippen LogP contribution in [0.25, 0.3) is 0 Å². The van der Waals surface area contributed by atoms with E-state index in [0.29, 0.717) is 0 Å². The van der Waals surface area contributed by atoms with E-state index in [1.54, 1.807) is 0 Å². The molecular formula is C14H21N7O7S2. The highest BCUT2D eigenvalue weighted by molar-refractivity contribution is 7.84. The monoisotopic (exact) mass is 463 g/mol. The van der Waals surface area contributed by atoms with Crippen LogP contribution >= 0.6 is 11.3 Å². The molecular weight excluding hydrogens is 442 g/mol. The summed E-state index contributed by atoms with van der Waals surface area (Å²) in [7, 11) is -3.27. The second-order valence-electron chi connectivity index (χ2n) is 6.62. The molecule has 1 aliphatic rings. The molecule has 1 aliphatic heterocycles. The zero-order valence-corrected chi connectivity index (χ0v) is 18.0. The number of hydrogen-bond donors (Lipinski definition) is 5. The van der Waals surface area contributed by atoms with Gasteiger partial charge in [-0.05, 0) is 20.8 Å². The van der Waals surface area contributed by atoms with Gasteiger partial charge in [-0.15, -0.1) is 11.3 Å². The van der Waals surface area contributed by atoms with E-state index in [0.717, 1.165) is 11.3 Å². The maximum Gasteiger partial charge on any atom is 0.362 e. The molecule has 2 heterocycles. The van der Waals surface area contributed by atoms with Crippen molar-refractivity contribution in [1.29, 1.82) is 0 Å². The molecule has 1 fully saturated rings. The zero-order valence-electron chi connectivity index (χ0n) is 16.4. The lowest BCUT2D eigenvalue weighted by Gasteiger charge is -2.42. The number of hydrazine groups is 1. The number of nitrogens with two attached hydrogens (primary N) is 1. The van der Waals surface area contributed by atoms with Gasteiger partial charge in [-0.25, -0.2) is 14.7 Å². The fourth-order valence-corrected chi connectivity index (χ4v) is 3.81. The minimum Gasteiger partial charge on any atom is -0.379 e. The van der Waals surface area contributed by atoms with Gasteiger partial charge in [0.1, 0.15) is 11.7 Å². The van der Waals surface area contributed by atoms with Gasteiger partial charge in [-0.1, -0.05) is 5.16 Å². The third-order valence-electron chi connectivity index (χ3n) is 4.00. The van der Waals surface area contributed by atoms with E-state index < -0.39 is 51.4 Å². The SMILES string of the molecule is CNNC(=O)C(C)(C)ON=C(C(=O)N[C@H]1C(=O)N(S(=O)(=O)O)[C@@H]1C)c1csc(N)n1. The van der Waals surface area contributed by atoms with E-state index >= 15 is 0 Å². The molecule has 0 aliphatic carbocycles. The van der Waals surface area contributed by atoms with Gasteiger partial charge in [0.2, 0.25) is 5.60 Å². The third kappa shape index (κ3) is 4.84. The van der Waals surface area contributed by atoms with Crippen LogP contribution in [0.3, 0.4) is 0 Å². The van der Waals surface area contributed by atoms with E-state index in [1.807, 2.05) is 0 Å². The van der Waals surface area contributed by atoms with Crippen LogP contribution in [0, 0.1) is 0 Å². The van der Waals surface area contributed by atoms with E-state index in [1.165, 1.54) is 33.2 Å². The minimum absolute atomic E-state index is 0.0193. The highest BCUT2D eigenvalue weighted by Gasteiger charge is 2.51. The molecule has 0 aromatic carbocycles. The first-order chi connectivity index (χ1) is 13.8. The predicted octanol–water partition coefficient (Wildman–Crippen LogP) is -2.01. The summed E-state index contributed by atoms with van der Waals surface area (Å²) in [6, 6.07) is -2.27. The lowest BCUT2D eigenvalue weighted by Crippen LogP contribution is -2.71. The summed E-state index contributed by atoms with van der Waals surface area (Å²) in [5.41, 5.74) is 8.48. The van der Waals surface area contributed by atoms with Gasteiger partial charge in [-0.2, -0.15) is 8.42 Å². The number of hydrogen-bond acceptors (Lipinski definition) is 11. The molecule has 30 heavy (non-hydrogen) atoms. The fourth-order valence-electron chi connectivity index (χ4n) is 2.38. The first-order valence-corrected chi connectivity index (χ1v) is 10.6. The second-order valence-corrected chi connectivity index (χ2v) is 8.80. The molecule has 0 spiro atoms. The van der Waals surface area contributed by atoms with Gasteiger partial charge in [0.05, 0.1) is 6.04 Å². The highest BCUT2D eigenvalue weighted by atomic mass is 32.2. The molecule has 1 aromatic rings. The van der Waals surface area contributed by atoms with Crippen LogP contribution in [-0.4, -0.2) is 70.4 Å². The Labute approximate surface area is 175 Å². The van der Waals surface area contributed by atoms with Gasteiger partial charge in [0.15, 0.2) is 10.8 Å². The third-order valence-corrected chi connectivity index (χ3v) is 5.68. The second kappa shape index (κ2) is 8.50. The van der Waals surface area contributed by atoms with Gasteiger partial charge in [0, 0.05) is 12.4 Å². The van der Waals surface area contributed by atoms with E-state index in [2.05, 4.69) is 26.3 Å². The number of amides is 3. The zero-order chi connectivity index (χ0) is 22.9. The van der Waals surface area contributed by atoms with Crippen molar-refractivity contribution in [3.63, 3.8) is 0 Å². The van der Waals surface area contributed by atoms with Crippen molar-refractivity contribution in [3.05, 3.63) is 11.1 Å². The molecule has 3 amide bonds. The summed E-state index contributed by atoms with van der Waals surface area (Å²) in [5, 5.41) is 7.57. The lowest BCUT2D eigenvalue weighted by molar-refractivity contribution is -0.144. The number of nitrogen functional groups attached to an aromatic ring is 1. The largest absolute Gasteiger partial charge is 0.379 e. The molecule has 0 bridgehead atoms. The van der Waals surface area contributed by atoms with Crippen molar-refractivity contribution in [2.45, 2.75) is 38.5 Å². The van der Waals surface area contributed by atoms with Crippen molar-refractivity contribution >= 4 is 50.2 Å². The Morgan fingerprint density at radius 2 is 2.07 bits per heavy atom. The van der Waals surface area contributed by atoms with Crippen molar-refractivity contribution in [1.82, 2.24) is 25.5 Å². The number of thiazole rings is 1. The Balaban J connectivity index is 2.25. The summed E-state index contributed by atoms with van der Waals surface area (Å²) in [4.78, 5) is 45.9. The molecule has 16 heteroatoms. The number of anilines is 1. The Kier molecular flexibility index (Phi) is 6.65. The molecule has 166 valence electrons. The van der Waals surface area contributed by atoms with Crippen molar-refractivity contribution in [2.75, 3.05) is 12.8 Å². The first kappa shape index (κ1) is 23.5. The van der Waals surface area contributed by atoms with E-state index in [4.69, 9.17) is 15.1 Å². The van der Waals surface area contributed by atoms with Crippen LogP contribution in [0.4, 0.5) is 5.13 Å². The molecule has 2 atom stereocenters. The molecule has 2 rings (SSSR count). The highest BCUT2D eigenvalue weighted by Crippen LogP contribution is 2.23. The number of β-lactam (4-membered cyclic amide) rings is 1. The predicted molar refractivity (Wildman–Crippen MR) is 105 cm³/mol. The van der Waals surface area contributed by atoms with Crippen LogP contribution in [0.5, 0.6) is 0 Å². The van der Waals surface area contributed by atoms with Gasteiger partial charge < -0.3 is 15.9 Å². The Hall–Kier alpha value is -2.82. The number of nitrogens with one attached hydrogen (secondary N) is 3. The normalized spacial score (nSPS) is 19.8. The Morgan fingerprint density at radius 3 is 2.53 bits per heavy atom. The first-order valence-electron chi connectivity index (χ1n) is 8.36. The number of rotatable bonds is 8. The summed E-state index contributed by atoms with van der Waals surface area (Å²) in [6.45, 7) is 4.12. The Bertz CT molecular complexity index is 989. The van der Waals surface area contributed by atoms with Gasteiger partial charge in [-0.3, -0.25) is 24.4 Å². The molecule has 0 saturated carbocycles. The number of carbonyl (C=O) groups is 3. The van der Waals surface area contributed by atoms with Crippen molar-refractivity contribution in [2.24, 2.45) is 5.16 Å². The van der Waals surface area contributed by atoms with Gasteiger partial charge in [0.25, 0.3) is 17.7 Å². The van der Waals surface area contributed by atoms with Crippen LogP contribution in [0.1, 0.15) is 26.5 Å². The summed E-state index contributed by atoms with van der Waals surface area (Å²) in [5.74, 6) is -2.53. The van der Waals surface area contributed by atoms with Crippen molar-refractivity contribution in [3.8, 4) is 0 Å². The lowest BCUT2D eigenvalue weighted by atomic mass is 10.0.